The number of carbonyl (C=O) groups excluding carboxylic acids is 3. The number of nitrogens with zero attached hydrogens (tertiary/aromatic N) is 1. The van der Waals surface area contributed by atoms with Crippen LogP contribution in [0.25, 0.3) is 5.76 Å². The summed E-state index contributed by atoms with van der Waals surface area (Å²) < 4.78 is 0. The van der Waals surface area contributed by atoms with Gasteiger partial charge in [-0.25, -0.2) is 0 Å². The van der Waals surface area contributed by atoms with Crippen molar-refractivity contribution in [2.24, 2.45) is 0 Å². The number of aliphatic hydroxyl groups excluding tert-OH is 1. The number of hydrogen-bond acceptors (Lipinski definition) is 5. The molecule has 3 rings (SSSR count). The summed E-state index contributed by atoms with van der Waals surface area (Å²) in [5.74, 6) is -3.46. The van der Waals surface area contributed by atoms with E-state index >= 15 is 0 Å². The fourth-order valence-electron chi connectivity index (χ4n) is 3.21. The van der Waals surface area contributed by atoms with E-state index in [0.29, 0.717) is 16.1 Å². The standard InChI is InChI=1S/C21H18ClNO5/c1-12-6-8-13(9-7-12)19(26)17-18(14-4-2-3-5-15(14)22)23(11-10-16(24)25)21(28)20(17)27/h2-9,18,26H,10-11H2,1H3,(H,24,25)/p-1/t18-/m1/s1. The van der Waals surface area contributed by atoms with E-state index in [4.69, 9.17) is 11.6 Å². The van der Waals surface area contributed by atoms with Crippen LogP contribution >= 0.6 is 11.6 Å². The summed E-state index contributed by atoms with van der Waals surface area (Å²) in [6.07, 6.45) is -0.446. The lowest BCUT2D eigenvalue weighted by Gasteiger charge is -2.26. The number of Topliss-reactive ketones (excluding diaryl/α,β-unsaturated/α-hetero) is 1. The molecule has 6 nitrogen and oxygen atoms in total. The van der Waals surface area contributed by atoms with Gasteiger partial charge in [-0.1, -0.05) is 59.6 Å². The Balaban J connectivity index is 2.18. The minimum absolute atomic E-state index is 0.125. The molecule has 0 radical (unpaired) electrons. The van der Waals surface area contributed by atoms with Gasteiger partial charge >= 0.3 is 0 Å². The average Bonchev–Trinajstić information content (AvgIpc) is 2.91. The summed E-state index contributed by atoms with van der Waals surface area (Å²) in [5.41, 5.74) is 1.64. The largest absolute Gasteiger partial charge is 0.550 e. The molecule has 1 amide bonds. The molecule has 1 N–H and O–H groups in total. The maximum atomic E-state index is 12.7. The lowest BCUT2D eigenvalue weighted by molar-refractivity contribution is -0.305. The van der Waals surface area contributed by atoms with Crippen LogP contribution in [0.5, 0.6) is 0 Å². The average molecular weight is 399 g/mol. The zero-order valence-electron chi connectivity index (χ0n) is 15.0. The first-order valence-corrected chi connectivity index (χ1v) is 8.98. The molecule has 2 aromatic carbocycles. The van der Waals surface area contributed by atoms with Crippen LogP contribution in [0.3, 0.4) is 0 Å². The molecule has 1 aliphatic rings. The molecule has 1 aliphatic heterocycles. The molecule has 7 heteroatoms. The summed E-state index contributed by atoms with van der Waals surface area (Å²) in [6, 6.07) is 12.4. The zero-order valence-corrected chi connectivity index (χ0v) is 15.8. The fourth-order valence-corrected chi connectivity index (χ4v) is 3.45. The predicted molar refractivity (Wildman–Crippen MR) is 101 cm³/mol. The van der Waals surface area contributed by atoms with Crippen molar-refractivity contribution in [2.45, 2.75) is 19.4 Å². The molecule has 0 saturated carbocycles. The van der Waals surface area contributed by atoms with Gasteiger partial charge < -0.3 is 19.9 Å². The Morgan fingerprint density at radius 2 is 1.79 bits per heavy atom. The Labute approximate surface area is 166 Å². The quantitative estimate of drug-likeness (QED) is 0.473. The van der Waals surface area contributed by atoms with Crippen molar-refractivity contribution in [3.63, 3.8) is 0 Å². The maximum absolute atomic E-state index is 12.7. The van der Waals surface area contributed by atoms with Gasteiger partial charge in [-0.3, -0.25) is 9.59 Å². The third kappa shape index (κ3) is 3.64. The molecule has 1 heterocycles. The van der Waals surface area contributed by atoms with Crippen LogP contribution in [-0.4, -0.2) is 34.2 Å². The minimum atomic E-state index is -1.35. The first-order chi connectivity index (χ1) is 13.3. The molecule has 144 valence electrons. The molecule has 0 aliphatic carbocycles. The number of amides is 1. The number of carboxylic acid groups (broad SMARTS) is 1. The van der Waals surface area contributed by atoms with Crippen LogP contribution < -0.4 is 5.11 Å². The van der Waals surface area contributed by atoms with Crippen molar-refractivity contribution in [3.8, 4) is 0 Å². The molecule has 1 atom stereocenters. The number of likely N-dealkylation sites (tertiary alicyclic amines) is 1. The van der Waals surface area contributed by atoms with Gasteiger partial charge in [0.05, 0.1) is 11.6 Å². The highest BCUT2D eigenvalue weighted by molar-refractivity contribution is 6.47. The summed E-state index contributed by atoms with van der Waals surface area (Å²) >= 11 is 6.28. The van der Waals surface area contributed by atoms with Crippen molar-refractivity contribution < 1.29 is 24.6 Å². The zero-order chi connectivity index (χ0) is 20.4. The van der Waals surface area contributed by atoms with Crippen molar-refractivity contribution >= 4 is 35.0 Å². The van der Waals surface area contributed by atoms with E-state index in [-0.39, 0.29) is 17.9 Å². The lowest BCUT2D eigenvalue weighted by Crippen LogP contribution is -2.34. The van der Waals surface area contributed by atoms with Gasteiger partial charge in [0.25, 0.3) is 11.7 Å². The Morgan fingerprint density at radius 3 is 2.39 bits per heavy atom. The van der Waals surface area contributed by atoms with Crippen LogP contribution in [0.4, 0.5) is 0 Å². The van der Waals surface area contributed by atoms with Gasteiger partial charge in [0.2, 0.25) is 0 Å². The monoisotopic (exact) mass is 398 g/mol. The lowest BCUT2D eigenvalue weighted by atomic mass is 9.95. The first-order valence-electron chi connectivity index (χ1n) is 8.61. The van der Waals surface area contributed by atoms with E-state index in [1.807, 2.05) is 6.92 Å². The van der Waals surface area contributed by atoms with E-state index in [1.54, 1.807) is 48.5 Å². The van der Waals surface area contributed by atoms with Crippen molar-refractivity contribution in [1.29, 1.82) is 0 Å². The number of carboxylic acids is 1. The summed E-state index contributed by atoms with van der Waals surface area (Å²) in [7, 11) is 0. The van der Waals surface area contributed by atoms with Gasteiger partial charge in [0.1, 0.15) is 5.76 Å². The van der Waals surface area contributed by atoms with Gasteiger partial charge in [-0.05, 0) is 18.6 Å². The van der Waals surface area contributed by atoms with E-state index in [1.165, 1.54) is 0 Å². The molecule has 0 spiro atoms. The van der Waals surface area contributed by atoms with Gasteiger partial charge in [-0.15, -0.1) is 0 Å². The smallest absolute Gasteiger partial charge is 0.295 e. The highest BCUT2D eigenvalue weighted by atomic mass is 35.5. The number of aliphatic hydroxyl groups is 1. The van der Waals surface area contributed by atoms with Crippen LogP contribution in [0, 0.1) is 6.92 Å². The number of hydrogen-bond donors (Lipinski definition) is 1. The van der Waals surface area contributed by atoms with E-state index in [2.05, 4.69) is 0 Å². The number of halogens is 1. The number of carbonyl (C=O) groups is 3. The minimum Gasteiger partial charge on any atom is -0.550 e. The Morgan fingerprint density at radius 1 is 1.14 bits per heavy atom. The van der Waals surface area contributed by atoms with Crippen LogP contribution in [0.2, 0.25) is 5.02 Å². The number of ketones is 1. The molecule has 2 aromatic rings. The summed E-state index contributed by atoms with van der Waals surface area (Å²) in [4.78, 5) is 37.3. The second kappa shape index (κ2) is 7.86. The first kappa shape index (κ1) is 19.6. The van der Waals surface area contributed by atoms with Gasteiger partial charge in [0.15, 0.2) is 0 Å². The topological polar surface area (TPSA) is 97.7 Å². The van der Waals surface area contributed by atoms with E-state index < -0.39 is 30.1 Å². The second-order valence-corrected chi connectivity index (χ2v) is 6.91. The van der Waals surface area contributed by atoms with Gasteiger partial charge in [-0.2, -0.15) is 0 Å². The Kier molecular flexibility index (Phi) is 5.51. The maximum Gasteiger partial charge on any atom is 0.295 e. The molecule has 0 aromatic heterocycles. The number of rotatable bonds is 5. The normalized spacial score (nSPS) is 18.5. The highest BCUT2D eigenvalue weighted by Crippen LogP contribution is 2.41. The van der Waals surface area contributed by atoms with Crippen LogP contribution in [0.1, 0.15) is 29.2 Å². The number of benzene rings is 2. The predicted octanol–water partition coefficient (Wildman–Crippen LogP) is 2.21. The Hall–Kier alpha value is -3.12. The van der Waals surface area contributed by atoms with Gasteiger partial charge in [0, 0.05) is 29.5 Å². The van der Waals surface area contributed by atoms with E-state index in [0.717, 1.165) is 10.5 Å². The molecule has 1 fully saturated rings. The molecular formula is C21H17ClNO5-. The third-order valence-corrected chi connectivity index (χ3v) is 4.97. The molecule has 28 heavy (non-hydrogen) atoms. The molecule has 1 saturated heterocycles. The SMILES string of the molecule is Cc1ccc(C(O)=C2C(=O)C(=O)N(CCC(=O)[O-])[C@@H]2c2ccccc2Cl)cc1. The third-order valence-electron chi connectivity index (χ3n) is 4.62. The fraction of sp³-hybridized carbons (Fsp3) is 0.190. The van der Waals surface area contributed by atoms with Crippen molar-refractivity contribution in [1.82, 2.24) is 4.90 Å². The Bertz CT molecular complexity index is 981. The second-order valence-electron chi connectivity index (χ2n) is 6.50. The molecule has 0 unspecified atom stereocenters. The van der Waals surface area contributed by atoms with Crippen LogP contribution in [0.15, 0.2) is 54.1 Å². The van der Waals surface area contributed by atoms with E-state index in [9.17, 15) is 24.6 Å². The molecule has 0 bridgehead atoms. The number of aryl methyl sites for hydroxylation is 1. The molecular weight excluding hydrogens is 382 g/mol. The summed E-state index contributed by atoms with van der Waals surface area (Å²) in [5, 5.41) is 22.0. The van der Waals surface area contributed by atoms with Crippen LogP contribution in [-0.2, 0) is 14.4 Å². The summed E-state index contributed by atoms with van der Waals surface area (Å²) in [6.45, 7) is 1.64. The van der Waals surface area contributed by atoms with Crippen molar-refractivity contribution in [3.05, 3.63) is 75.8 Å². The number of aliphatic carboxylic acids is 1. The van der Waals surface area contributed by atoms with Crippen molar-refractivity contribution in [2.75, 3.05) is 6.54 Å². The highest BCUT2D eigenvalue weighted by Gasteiger charge is 2.46.